The van der Waals surface area contributed by atoms with Crippen LogP contribution in [0.1, 0.15) is 22.3 Å². The summed E-state index contributed by atoms with van der Waals surface area (Å²) in [5, 5.41) is 16.0. The Labute approximate surface area is 188 Å². The molecule has 1 atom stereocenters. The van der Waals surface area contributed by atoms with Crippen molar-refractivity contribution in [1.82, 2.24) is 15.8 Å². The minimum atomic E-state index is -0.585. The van der Waals surface area contributed by atoms with E-state index in [1.807, 2.05) is 29.6 Å². The molecule has 1 unspecified atom stereocenters. The molecule has 32 heavy (non-hydrogen) atoms. The number of rotatable bonds is 9. The van der Waals surface area contributed by atoms with E-state index in [9.17, 15) is 14.0 Å². The van der Waals surface area contributed by atoms with Gasteiger partial charge >= 0.3 is 0 Å². The first-order valence-electron chi connectivity index (χ1n) is 9.77. The van der Waals surface area contributed by atoms with E-state index in [4.69, 9.17) is 16.8 Å². The molecule has 0 aliphatic heterocycles. The lowest BCUT2D eigenvalue weighted by Crippen LogP contribution is -2.42. The van der Waals surface area contributed by atoms with E-state index in [0.717, 1.165) is 15.6 Å². The van der Waals surface area contributed by atoms with Crippen LogP contribution in [0.25, 0.3) is 10.1 Å². The molecule has 0 saturated carbocycles. The van der Waals surface area contributed by atoms with E-state index in [1.54, 1.807) is 16.8 Å². The van der Waals surface area contributed by atoms with Crippen molar-refractivity contribution in [3.05, 3.63) is 82.8 Å². The molecule has 0 spiro atoms. The second-order valence-electron chi connectivity index (χ2n) is 7.23. The summed E-state index contributed by atoms with van der Waals surface area (Å²) >= 11 is 1.64. The van der Waals surface area contributed by atoms with Gasteiger partial charge in [0.15, 0.2) is 0 Å². The number of benzene rings is 2. The Bertz CT molecular complexity index is 1120. The van der Waals surface area contributed by atoms with Gasteiger partial charge in [0.05, 0.1) is 19.0 Å². The van der Waals surface area contributed by atoms with E-state index in [1.165, 1.54) is 35.5 Å². The maximum atomic E-state index is 13.0. The van der Waals surface area contributed by atoms with Gasteiger partial charge in [-0.15, -0.1) is 11.3 Å². The molecule has 7 N–H and O–H groups in total. The van der Waals surface area contributed by atoms with E-state index in [0.29, 0.717) is 12.0 Å². The van der Waals surface area contributed by atoms with Gasteiger partial charge in [0.2, 0.25) is 5.91 Å². The van der Waals surface area contributed by atoms with Crippen molar-refractivity contribution in [2.24, 2.45) is 11.6 Å². The summed E-state index contributed by atoms with van der Waals surface area (Å²) in [7, 11) is 0. The molecule has 1 aromatic heterocycles. The number of fused-ring (bicyclic) bond motifs is 1. The normalized spacial score (nSPS) is 12.4. The summed E-state index contributed by atoms with van der Waals surface area (Å²) in [6, 6.07) is 12.6. The average molecular weight is 458 g/mol. The highest BCUT2D eigenvalue weighted by atomic mass is 32.1. The maximum absolute atomic E-state index is 13.0. The van der Waals surface area contributed by atoms with Gasteiger partial charge in [-0.2, -0.15) is 0 Å². The van der Waals surface area contributed by atoms with Crippen LogP contribution in [0.15, 0.2) is 65.8 Å². The van der Waals surface area contributed by atoms with Gasteiger partial charge in [-0.1, -0.05) is 12.1 Å². The molecule has 0 saturated heterocycles. The van der Waals surface area contributed by atoms with Crippen molar-refractivity contribution in [1.29, 1.82) is 0 Å². The zero-order valence-corrected chi connectivity index (χ0v) is 17.9. The Hall–Kier alpha value is -3.47. The number of halogens is 1. The Morgan fingerprint density at radius 3 is 2.66 bits per heavy atom. The number of nitrogens with one attached hydrogen (secondary N) is 2. The van der Waals surface area contributed by atoms with Crippen LogP contribution >= 0.6 is 11.3 Å². The summed E-state index contributed by atoms with van der Waals surface area (Å²) in [6.45, 7) is 0.00366. The third-order valence-corrected chi connectivity index (χ3v) is 5.73. The van der Waals surface area contributed by atoms with Gasteiger partial charge in [-0.05, 0) is 59.1 Å². The molecule has 2 aromatic carbocycles. The summed E-state index contributed by atoms with van der Waals surface area (Å²) < 4.78 is 14.1. The molecule has 168 valence electrons. The number of hydrazine groups is 1. The molecule has 2 amide bonds. The summed E-state index contributed by atoms with van der Waals surface area (Å²) in [4.78, 5) is 23.9. The molecule has 0 bridgehead atoms. The number of hydrogen-bond donors (Lipinski definition) is 5. The van der Waals surface area contributed by atoms with Crippen LogP contribution in [-0.4, -0.2) is 34.6 Å². The van der Waals surface area contributed by atoms with Crippen molar-refractivity contribution in [2.75, 3.05) is 6.54 Å². The third-order valence-electron chi connectivity index (χ3n) is 4.83. The third kappa shape index (κ3) is 6.27. The fourth-order valence-electron chi connectivity index (χ4n) is 3.19. The van der Waals surface area contributed by atoms with Crippen molar-refractivity contribution >= 4 is 33.2 Å². The van der Waals surface area contributed by atoms with E-state index in [2.05, 4.69) is 5.32 Å². The lowest BCUT2D eigenvalue weighted by Gasteiger charge is -2.26. The van der Waals surface area contributed by atoms with Gasteiger partial charge in [0.1, 0.15) is 5.82 Å². The van der Waals surface area contributed by atoms with Gasteiger partial charge in [0.25, 0.3) is 5.91 Å². The molecule has 3 aromatic rings. The number of carbonyl (C=O) groups excluding carboxylic acids is 2. The highest BCUT2D eigenvalue weighted by Crippen LogP contribution is 2.23. The fourth-order valence-corrected chi connectivity index (χ4v) is 3.96. The number of nitrogens with zero attached hydrogens (tertiary/aromatic N) is 1. The molecule has 0 aliphatic rings. The standard InChI is InChI=1S/C22H24FN5O3S/c23-17-4-2-15(3-5-17)22(30)26-12-18(24)13-28(25)19(11-21(29)27-31)10-14-1-6-20-16(9-14)7-8-32-20/h1-9,13,19,31H,10-12,24-25H2,(H,26,30)(H,27,29)/b18-13-. The molecule has 0 aliphatic carbocycles. The minimum absolute atomic E-state index is 0.00366. The second-order valence-corrected chi connectivity index (χ2v) is 8.18. The average Bonchev–Trinajstić information content (AvgIpc) is 3.25. The lowest BCUT2D eigenvalue weighted by molar-refractivity contribution is -0.130. The van der Waals surface area contributed by atoms with Crippen LogP contribution in [0.4, 0.5) is 4.39 Å². The van der Waals surface area contributed by atoms with Gasteiger partial charge < -0.3 is 16.1 Å². The highest BCUT2D eigenvalue weighted by Gasteiger charge is 2.19. The Morgan fingerprint density at radius 2 is 1.94 bits per heavy atom. The Kier molecular flexibility index (Phi) is 7.77. The highest BCUT2D eigenvalue weighted by molar-refractivity contribution is 7.17. The first-order chi connectivity index (χ1) is 15.4. The number of hydrogen-bond acceptors (Lipinski definition) is 7. The van der Waals surface area contributed by atoms with Crippen molar-refractivity contribution in [3.63, 3.8) is 0 Å². The number of hydroxylamine groups is 1. The molecule has 8 nitrogen and oxygen atoms in total. The summed E-state index contributed by atoms with van der Waals surface area (Å²) in [6.07, 6.45) is 1.80. The largest absolute Gasteiger partial charge is 0.399 e. The lowest BCUT2D eigenvalue weighted by atomic mass is 10.0. The van der Waals surface area contributed by atoms with Crippen LogP contribution in [0.5, 0.6) is 0 Å². The molecule has 3 rings (SSSR count). The van der Waals surface area contributed by atoms with Crippen LogP contribution in [0.2, 0.25) is 0 Å². The van der Waals surface area contributed by atoms with Crippen LogP contribution in [0.3, 0.4) is 0 Å². The zero-order valence-electron chi connectivity index (χ0n) is 17.1. The molecule has 0 radical (unpaired) electrons. The first kappa shape index (κ1) is 23.2. The molecular formula is C22H24FN5O3S. The number of carbonyl (C=O) groups is 2. The number of amides is 2. The molecule has 10 heteroatoms. The quantitative estimate of drug-likeness (QED) is 0.190. The van der Waals surface area contributed by atoms with E-state index in [-0.39, 0.29) is 18.7 Å². The van der Waals surface area contributed by atoms with Gasteiger partial charge in [-0.25, -0.2) is 15.7 Å². The predicted molar refractivity (Wildman–Crippen MR) is 121 cm³/mol. The smallest absolute Gasteiger partial charge is 0.251 e. The van der Waals surface area contributed by atoms with Gasteiger partial charge in [-0.3, -0.25) is 14.8 Å². The van der Waals surface area contributed by atoms with Crippen LogP contribution in [-0.2, 0) is 11.2 Å². The van der Waals surface area contributed by atoms with Crippen molar-refractivity contribution in [2.45, 2.75) is 18.9 Å². The van der Waals surface area contributed by atoms with Crippen molar-refractivity contribution in [3.8, 4) is 0 Å². The fraction of sp³-hybridized carbons (Fsp3) is 0.182. The molecule has 1 heterocycles. The van der Waals surface area contributed by atoms with E-state index >= 15 is 0 Å². The number of thiophene rings is 1. The first-order valence-corrected chi connectivity index (χ1v) is 10.7. The van der Waals surface area contributed by atoms with Crippen LogP contribution in [0, 0.1) is 5.82 Å². The molecule has 0 fully saturated rings. The Balaban J connectivity index is 1.66. The molecular weight excluding hydrogens is 433 g/mol. The zero-order chi connectivity index (χ0) is 23.1. The number of nitrogens with two attached hydrogens (primary N) is 2. The predicted octanol–water partition coefficient (Wildman–Crippen LogP) is 2.25. The Morgan fingerprint density at radius 1 is 1.19 bits per heavy atom. The van der Waals surface area contributed by atoms with E-state index < -0.39 is 23.7 Å². The summed E-state index contributed by atoms with van der Waals surface area (Å²) in [5.74, 6) is 4.73. The van der Waals surface area contributed by atoms with Gasteiger partial charge in [0, 0.05) is 22.2 Å². The SMILES string of the molecule is N/C(=C\N(N)C(CC(=O)NO)Cc1ccc2sccc2c1)CNC(=O)c1ccc(F)cc1. The topological polar surface area (TPSA) is 134 Å². The summed E-state index contributed by atoms with van der Waals surface area (Å²) in [5.41, 5.74) is 9.14. The van der Waals surface area contributed by atoms with Crippen LogP contribution < -0.4 is 22.4 Å². The minimum Gasteiger partial charge on any atom is -0.399 e. The maximum Gasteiger partial charge on any atom is 0.251 e. The van der Waals surface area contributed by atoms with Crippen molar-refractivity contribution < 1.29 is 19.2 Å². The monoisotopic (exact) mass is 457 g/mol. The second kappa shape index (κ2) is 10.7.